The molecule has 0 spiro atoms. The number of aromatic nitrogens is 1. The number of nitrogens with one attached hydrogen (secondary N) is 2. The van der Waals surface area contributed by atoms with Gasteiger partial charge in [0.15, 0.2) is 3.92 Å². The van der Waals surface area contributed by atoms with E-state index in [4.69, 9.17) is 0 Å². The summed E-state index contributed by atoms with van der Waals surface area (Å²) in [6.45, 7) is -0.957. The summed E-state index contributed by atoms with van der Waals surface area (Å²) in [6, 6.07) is -0.130. The lowest BCUT2D eigenvalue weighted by molar-refractivity contribution is -0.126. The molecule has 2 N–H and O–H groups in total. The standard InChI is InChI=1S/C12H15BrF3N3OS/c13-11-19-9(5-21-11)10(20)18-8-3-1-7(2-4-8)17-6-12(14,15)16/h5,7-8,17H,1-4,6H2,(H,18,20). The number of hydrogen-bond donors (Lipinski definition) is 2. The molecule has 0 aromatic carbocycles. The first-order chi connectivity index (χ1) is 9.83. The Balaban J connectivity index is 1.73. The molecule has 0 bridgehead atoms. The van der Waals surface area contributed by atoms with Gasteiger partial charge in [-0.25, -0.2) is 4.98 Å². The first-order valence-corrected chi connectivity index (χ1v) is 8.23. The molecule has 1 heterocycles. The Hall–Kier alpha value is -0.670. The van der Waals surface area contributed by atoms with E-state index in [-0.39, 0.29) is 18.0 Å². The lowest BCUT2D eigenvalue weighted by Crippen LogP contribution is -2.44. The number of nitrogens with zero attached hydrogens (tertiary/aromatic N) is 1. The van der Waals surface area contributed by atoms with E-state index < -0.39 is 12.7 Å². The maximum absolute atomic E-state index is 12.1. The second-order valence-corrected chi connectivity index (χ2v) is 7.14. The molecule has 1 aromatic heterocycles. The van der Waals surface area contributed by atoms with E-state index in [0.717, 1.165) is 0 Å². The molecule has 1 amide bonds. The number of thiazole rings is 1. The van der Waals surface area contributed by atoms with Gasteiger partial charge in [-0.05, 0) is 41.6 Å². The Bertz CT molecular complexity index is 486. The van der Waals surface area contributed by atoms with Gasteiger partial charge in [-0.2, -0.15) is 13.2 Å². The quantitative estimate of drug-likeness (QED) is 0.836. The SMILES string of the molecule is O=C(NC1CCC(NCC(F)(F)F)CC1)c1csc(Br)n1. The van der Waals surface area contributed by atoms with Gasteiger partial charge in [0, 0.05) is 17.5 Å². The maximum atomic E-state index is 12.1. The van der Waals surface area contributed by atoms with Gasteiger partial charge in [-0.15, -0.1) is 11.3 Å². The van der Waals surface area contributed by atoms with Crippen molar-refractivity contribution in [2.45, 2.75) is 43.9 Å². The molecule has 0 unspecified atom stereocenters. The van der Waals surface area contributed by atoms with Crippen LogP contribution < -0.4 is 10.6 Å². The lowest BCUT2D eigenvalue weighted by atomic mass is 9.91. The van der Waals surface area contributed by atoms with Crippen LogP contribution in [0.1, 0.15) is 36.2 Å². The highest BCUT2D eigenvalue weighted by Crippen LogP contribution is 2.21. The van der Waals surface area contributed by atoms with Crippen LogP contribution in [0.5, 0.6) is 0 Å². The summed E-state index contributed by atoms with van der Waals surface area (Å²) >= 11 is 4.53. The second-order valence-electron chi connectivity index (χ2n) is 5.00. The average molecular weight is 386 g/mol. The normalized spacial score (nSPS) is 23.0. The number of carbonyl (C=O) groups excluding carboxylic acids is 1. The minimum atomic E-state index is -4.18. The number of halogens is 4. The van der Waals surface area contributed by atoms with Crippen molar-refractivity contribution in [1.82, 2.24) is 15.6 Å². The van der Waals surface area contributed by atoms with E-state index >= 15 is 0 Å². The Morgan fingerprint density at radius 3 is 2.48 bits per heavy atom. The fourth-order valence-corrected chi connectivity index (χ4v) is 3.31. The average Bonchev–Trinajstić information content (AvgIpc) is 2.84. The number of amides is 1. The van der Waals surface area contributed by atoms with Crippen molar-refractivity contribution in [3.05, 3.63) is 15.0 Å². The number of rotatable bonds is 4. The molecule has 0 aliphatic heterocycles. The molecule has 118 valence electrons. The molecule has 1 saturated carbocycles. The van der Waals surface area contributed by atoms with Gasteiger partial charge < -0.3 is 10.6 Å². The molecule has 2 rings (SSSR count). The third kappa shape index (κ3) is 5.55. The summed E-state index contributed by atoms with van der Waals surface area (Å²) in [4.78, 5) is 15.9. The van der Waals surface area contributed by atoms with Gasteiger partial charge in [0.05, 0.1) is 6.54 Å². The zero-order valence-corrected chi connectivity index (χ0v) is 13.4. The number of hydrogen-bond acceptors (Lipinski definition) is 4. The fourth-order valence-electron chi connectivity index (χ4n) is 2.32. The van der Waals surface area contributed by atoms with Gasteiger partial charge in [-0.3, -0.25) is 4.79 Å². The maximum Gasteiger partial charge on any atom is 0.401 e. The highest BCUT2D eigenvalue weighted by molar-refractivity contribution is 9.11. The predicted octanol–water partition coefficient (Wildman–Crippen LogP) is 3.10. The van der Waals surface area contributed by atoms with E-state index in [9.17, 15) is 18.0 Å². The zero-order chi connectivity index (χ0) is 15.5. The first kappa shape index (κ1) is 16.7. The summed E-state index contributed by atoms with van der Waals surface area (Å²) < 4.78 is 37.0. The van der Waals surface area contributed by atoms with Crippen LogP contribution in [-0.4, -0.2) is 35.7 Å². The Morgan fingerprint density at radius 2 is 1.95 bits per heavy atom. The van der Waals surface area contributed by atoms with E-state index in [1.54, 1.807) is 5.38 Å². The van der Waals surface area contributed by atoms with Gasteiger partial charge in [-0.1, -0.05) is 0 Å². The van der Waals surface area contributed by atoms with Crippen LogP contribution >= 0.6 is 27.3 Å². The van der Waals surface area contributed by atoms with Crippen molar-refractivity contribution in [2.75, 3.05) is 6.54 Å². The molecule has 1 aliphatic rings. The van der Waals surface area contributed by atoms with E-state index in [2.05, 4.69) is 31.5 Å². The van der Waals surface area contributed by atoms with Crippen LogP contribution in [0.15, 0.2) is 9.30 Å². The molecule has 9 heteroatoms. The highest BCUT2D eigenvalue weighted by Gasteiger charge is 2.30. The molecule has 0 saturated heterocycles. The molecule has 0 radical (unpaired) electrons. The van der Waals surface area contributed by atoms with E-state index in [0.29, 0.717) is 35.3 Å². The second kappa shape index (κ2) is 7.06. The summed E-state index contributed by atoms with van der Waals surface area (Å²) in [5, 5.41) is 7.05. The zero-order valence-electron chi connectivity index (χ0n) is 11.0. The van der Waals surface area contributed by atoms with Gasteiger partial charge in [0.25, 0.3) is 5.91 Å². The van der Waals surface area contributed by atoms with Gasteiger partial charge in [0.1, 0.15) is 5.69 Å². The third-order valence-electron chi connectivity index (χ3n) is 3.36. The summed E-state index contributed by atoms with van der Waals surface area (Å²) in [5.74, 6) is -0.233. The Morgan fingerprint density at radius 1 is 1.33 bits per heavy atom. The summed E-state index contributed by atoms with van der Waals surface area (Å²) in [5.41, 5.74) is 0.365. The largest absolute Gasteiger partial charge is 0.401 e. The van der Waals surface area contributed by atoms with E-state index in [1.165, 1.54) is 11.3 Å². The van der Waals surface area contributed by atoms with Crippen LogP contribution in [0.4, 0.5) is 13.2 Å². The van der Waals surface area contributed by atoms with Crippen LogP contribution in [-0.2, 0) is 0 Å². The van der Waals surface area contributed by atoms with Crippen molar-refractivity contribution < 1.29 is 18.0 Å². The summed E-state index contributed by atoms with van der Waals surface area (Å²) in [6.07, 6.45) is -1.58. The Kier molecular flexibility index (Phi) is 5.61. The van der Waals surface area contributed by atoms with Crippen LogP contribution in [0.25, 0.3) is 0 Å². The molecule has 1 fully saturated rings. The first-order valence-electron chi connectivity index (χ1n) is 6.55. The molecule has 1 aliphatic carbocycles. The van der Waals surface area contributed by atoms with E-state index in [1.807, 2.05) is 0 Å². The molecule has 1 aromatic rings. The number of carbonyl (C=O) groups is 1. The Labute approximate surface area is 132 Å². The molecular weight excluding hydrogens is 371 g/mol. The molecule has 0 atom stereocenters. The smallest absolute Gasteiger partial charge is 0.348 e. The highest BCUT2D eigenvalue weighted by atomic mass is 79.9. The predicted molar refractivity (Wildman–Crippen MR) is 77.4 cm³/mol. The molecular formula is C12H15BrF3N3OS. The van der Waals surface area contributed by atoms with Crippen LogP contribution in [0.3, 0.4) is 0 Å². The number of alkyl halides is 3. The van der Waals surface area contributed by atoms with Crippen molar-refractivity contribution in [2.24, 2.45) is 0 Å². The van der Waals surface area contributed by atoms with Crippen LogP contribution in [0, 0.1) is 0 Å². The van der Waals surface area contributed by atoms with Crippen molar-refractivity contribution in [1.29, 1.82) is 0 Å². The molecule has 4 nitrogen and oxygen atoms in total. The van der Waals surface area contributed by atoms with Crippen molar-refractivity contribution in [3.63, 3.8) is 0 Å². The third-order valence-corrected chi connectivity index (χ3v) is 4.73. The summed E-state index contributed by atoms with van der Waals surface area (Å²) in [7, 11) is 0. The minimum Gasteiger partial charge on any atom is -0.348 e. The minimum absolute atomic E-state index is 0.00177. The molecule has 21 heavy (non-hydrogen) atoms. The van der Waals surface area contributed by atoms with Gasteiger partial charge in [0.2, 0.25) is 0 Å². The van der Waals surface area contributed by atoms with Crippen molar-refractivity contribution in [3.8, 4) is 0 Å². The monoisotopic (exact) mass is 385 g/mol. The van der Waals surface area contributed by atoms with Crippen LogP contribution in [0.2, 0.25) is 0 Å². The lowest BCUT2D eigenvalue weighted by Gasteiger charge is -2.29. The van der Waals surface area contributed by atoms with Crippen molar-refractivity contribution >= 4 is 33.2 Å². The fraction of sp³-hybridized carbons (Fsp3) is 0.667. The topological polar surface area (TPSA) is 54.0 Å². The van der Waals surface area contributed by atoms with Gasteiger partial charge >= 0.3 is 6.18 Å².